The Balaban J connectivity index is 1.37. The summed E-state index contributed by atoms with van der Waals surface area (Å²) in [5.41, 5.74) is 0.810. The lowest BCUT2D eigenvalue weighted by molar-refractivity contribution is -0.130. The maximum Gasteiger partial charge on any atom is 0.230 e. The number of rotatable bonds is 3. The minimum atomic E-state index is -0.240. The Morgan fingerprint density at radius 1 is 1.29 bits per heavy atom. The van der Waals surface area contributed by atoms with Crippen molar-refractivity contribution in [1.29, 1.82) is 0 Å². The molecule has 6 nitrogen and oxygen atoms in total. The molecule has 1 N–H and O–H groups in total. The fourth-order valence-corrected chi connectivity index (χ4v) is 4.84. The third-order valence-electron chi connectivity index (χ3n) is 6.07. The van der Waals surface area contributed by atoms with E-state index in [0.717, 1.165) is 44.7 Å². The number of hydrogen-bond donors (Lipinski definition) is 1. The Hall–Kier alpha value is -1.40. The quantitative estimate of drug-likeness (QED) is 0.901. The number of nitrogens with zero attached hydrogens (tertiary/aromatic N) is 3. The van der Waals surface area contributed by atoms with E-state index in [1.54, 1.807) is 0 Å². The van der Waals surface area contributed by atoms with Gasteiger partial charge in [-0.25, -0.2) is 0 Å². The molecule has 6 heteroatoms. The molecule has 4 atom stereocenters. The molecule has 132 valence electrons. The summed E-state index contributed by atoms with van der Waals surface area (Å²) < 4.78 is 5.17. The van der Waals surface area contributed by atoms with Crippen molar-refractivity contribution in [2.75, 3.05) is 26.2 Å². The molecule has 0 bridgehead atoms. The van der Waals surface area contributed by atoms with E-state index in [1.165, 1.54) is 12.8 Å². The number of aliphatic hydroxyl groups is 1. The summed E-state index contributed by atoms with van der Waals surface area (Å²) in [7, 11) is 0. The van der Waals surface area contributed by atoms with Gasteiger partial charge >= 0.3 is 0 Å². The predicted octanol–water partition coefficient (Wildman–Crippen LogP) is 1.22. The lowest BCUT2D eigenvalue weighted by atomic mass is 9.77. The van der Waals surface area contributed by atoms with E-state index >= 15 is 0 Å². The van der Waals surface area contributed by atoms with Crippen LogP contribution in [-0.4, -0.2) is 64.3 Å². The summed E-state index contributed by atoms with van der Waals surface area (Å²) in [6, 6.07) is 2.12. The fourth-order valence-electron chi connectivity index (χ4n) is 4.84. The van der Waals surface area contributed by atoms with Crippen LogP contribution < -0.4 is 0 Å². The van der Waals surface area contributed by atoms with Gasteiger partial charge in [0, 0.05) is 25.2 Å². The third kappa shape index (κ3) is 3.09. The average Bonchev–Trinajstić information content (AvgIpc) is 3.26. The maximum absolute atomic E-state index is 12.6. The molecule has 1 aliphatic carbocycles. The number of carbonyl (C=O) groups excluding carboxylic acids is 1. The van der Waals surface area contributed by atoms with Gasteiger partial charge in [0.2, 0.25) is 5.91 Å². The summed E-state index contributed by atoms with van der Waals surface area (Å²) in [6.45, 7) is 5.70. The molecule has 1 saturated carbocycles. The molecule has 4 rings (SSSR count). The summed E-state index contributed by atoms with van der Waals surface area (Å²) in [6.07, 6.45) is 4.40. The zero-order valence-corrected chi connectivity index (χ0v) is 14.4. The molecule has 24 heavy (non-hydrogen) atoms. The van der Waals surface area contributed by atoms with Crippen LogP contribution in [0.15, 0.2) is 10.6 Å². The van der Waals surface area contributed by atoms with Gasteiger partial charge in [-0.2, -0.15) is 0 Å². The number of aromatic nitrogens is 1. The van der Waals surface area contributed by atoms with Crippen molar-refractivity contribution in [3.8, 4) is 0 Å². The Morgan fingerprint density at radius 2 is 2.00 bits per heavy atom. The smallest absolute Gasteiger partial charge is 0.230 e. The van der Waals surface area contributed by atoms with Gasteiger partial charge in [-0.15, -0.1) is 0 Å². The molecule has 0 spiro atoms. The Morgan fingerprint density at radius 3 is 2.67 bits per heavy atom. The number of aliphatic hydroxyl groups excluding tert-OH is 1. The third-order valence-corrected chi connectivity index (χ3v) is 6.07. The van der Waals surface area contributed by atoms with Crippen LogP contribution in [0.2, 0.25) is 0 Å². The molecule has 1 aromatic heterocycles. The van der Waals surface area contributed by atoms with E-state index in [-0.39, 0.29) is 12.0 Å². The highest BCUT2D eigenvalue weighted by Crippen LogP contribution is 2.39. The molecule has 0 unspecified atom stereocenters. The molecule has 0 aromatic carbocycles. The van der Waals surface area contributed by atoms with Crippen molar-refractivity contribution >= 4 is 5.91 Å². The summed E-state index contributed by atoms with van der Waals surface area (Å²) in [5.74, 6) is 1.73. The zero-order valence-electron chi connectivity index (χ0n) is 14.4. The molecule has 3 fully saturated rings. The van der Waals surface area contributed by atoms with Crippen molar-refractivity contribution in [3.05, 3.63) is 17.5 Å². The molecular formula is C18H27N3O3. The van der Waals surface area contributed by atoms with Crippen molar-refractivity contribution in [3.63, 3.8) is 0 Å². The largest absolute Gasteiger partial charge is 0.391 e. The fraction of sp³-hybridized carbons (Fsp3) is 0.778. The lowest BCUT2D eigenvalue weighted by Crippen LogP contribution is -2.48. The summed E-state index contributed by atoms with van der Waals surface area (Å²) in [5, 5.41) is 14.4. The second-order valence-corrected chi connectivity index (χ2v) is 7.78. The first kappa shape index (κ1) is 16.1. The van der Waals surface area contributed by atoms with Crippen LogP contribution in [-0.2, 0) is 11.2 Å². The Bertz CT molecular complexity index is 596. The highest BCUT2D eigenvalue weighted by atomic mass is 16.5. The van der Waals surface area contributed by atoms with E-state index in [2.05, 4.69) is 10.1 Å². The van der Waals surface area contributed by atoms with Crippen LogP contribution in [0, 0.1) is 18.8 Å². The highest BCUT2D eigenvalue weighted by Gasteiger charge is 2.44. The standard InChI is InChI=1S/C18H27N3O3/c1-12-6-15(24-19-12)9-18(23)21-10-13-7-16(20-4-2-3-5-20)17(22)8-14(13)11-21/h6,13-14,16-17,22H,2-5,7-11H2,1H3/t13-,14+,16-,17-/m1/s1. The minimum Gasteiger partial charge on any atom is -0.391 e. The zero-order chi connectivity index (χ0) is 16.7. The monoisotopic (exact) mass is 333 g/mol. The highest BCUT2D eigenvalue weighted by molar-refractivity contribution is 5.78. The molecule has 3 aliphatic rings. The Kier molecular flexibility index (Phi) is 4.35. The van der Waals surface area contributed by atoms with Crippen molar-refractivity contribution in [1.82, 2.24) is 15.0 Å². The Labute approximate surface area is 142 Å². The van der Waals surface area contributed by atoms with Crippen LogP contribution in [0.4, 0.5) is 0 Å². The van der Waals surface area contributed by atoms with E-state index in [0.29, 0.717) is 30.1 Å². The molecule has 1 aromatic rings. The lowest BCUT2D eigenvalue weighted by Gasteiger charge is -2.40. The topological polar surface area (TPSA) is 69.8 Å². The molecule has 3 heterocycles. The number of carbonyl (C=O) groups is 1. The van der Waals surface area contributed by atoms with Gasteiger partial charge in [-0.1, -0.05) is 5.16 Å². The van der Waals surface area contributed by atoms with Crippen LogP contribution in [0.25, 0.3) is 0 Å². The minimum absolute atomic E-state index is 0.118. The van der Waals surface area contributed by atoms with E-state index in [1.807, 2.05) is 17.9 Å². The van der Waals surface area contributed by atoms with Gasteiger partial charge in [0.25, 0.3) is 0 Å². The number of hydrogen-bond acceptors (Lipinski definition) is 5. The van der Waals surface area contributed by atoms with Crippen LogP contribution >= 0.6 is 0 Å². The number of fused-ring (bicyclic) bond motifs is 1. The number of aryl methyl sites for hydroxylation is 1. The second-order valence-electron chi connectivity index (χ2n) is 7.78. The van der Waals surface area contributed by atoms with Gasteiger partial charge < -0.3 is 14.5 Å². The number of amides is 1. The van der Waals surface area contributed by atoms with Gasteiger partial charge in [-0.3, -0.25) is 9.69 Å². The van der Waals surface area contributed by atoms with Crippen molar-refractivity contribution in [2.45, 2.75) is 51.2 Å². The SMILES string of the molecule is Cc1cc(CC(=O)N2C[C@H]3C[C@@H](N4CCCC4)[C@H](O)C[C@H]3C2)on1. The first-order chi connectivity index (χ1) is 11.6. The molecular weight excluding hydrogens is 306 g/mol. The average molecular weight is 333 g/mol. The summed E-state index contributed by atoms with van der Waals surface area (Å²) in [4.78, 5) is 17.0. The first-order valence-corrected chi connectivity index (χ1v) is 9.22. The summed E-state index contributed by atoms with van der Waals surface area (Å²) >= 11 is 0. The van der Waals surface area contributed by atoms with Crippen molar-refractivity contribution in [2.24, 2.45) is 11.8 Å². The normalized spacial score (nSPS) is 33.8. The van der Waals surface area contributed by atoms with Crippen LogP contribution in [0.3, 0.4) is 0 Å². The van der Waals surface area contributed by atoms with Gasteiger partial charge in [0.15, 0.2) is 0 Å². The molecule has 2 aliphatic heterocycles. The van der Waals surface area contributed by atoms with E-state index < -0.39 is 0 Å². The van der Waals surface area contributed by atoms with Crippen LogP contribution in [0.5, 0.6) is 0 Å². The molecule has 2 saturated heterocycles. The first-order valence-electron chi connectivity index (χ1n) is 9.22. The van der Waals surface area contributed by atoms with Crippen LogP contribution in [0.1, 0.15) is 37.1 Å². The molecule has 0 radical (unpaired) electrons. The van der Waals surface area contributed by atoms with Gasteiger partial charge in [0.1, 0.15) is 5.76 Å². The van der Waals surface area contributed by atoms with Gasteiger partial charge in [-0.05, 0) is 57.5 Å². The van der Waals surface area contributed by atoms with Gasteiger partial charge in [0.05, 0.1) is 18.2 Å². The van der Waals surface area contributed by atoms with E-state index in [4.69, 9.17) is 4.52 Å². The second kappa shape index (κ2) is 6.48. The maximum atomic E-state index is 12.6. The molecule has 1 amide bonds. The van der Waals surface area contributed by atoms with E-state index in [9.17, 15) is 9.90 Å². The van der Waals surface area contributed by atoms with Crippen molar-refractivity contribution < 1.29 is 14.4 Å². The predicted molar refractivity (Wildman–Crippen MR) is 88.3 cm³/mol. The number of likely N-dealkylation sites (tertiary alicyclic amines) is 2.